The van der Waals surface area contributed by atoms with Crippen molar-refractivity contribution in [2.24, 2.45) is 17.8 Å². The molecule has 0 bridgehead atoms. The summed E-state index contributed by atoms with van der Waals surface area (Å²) in [5.74, 6) is -0.611. The lowest BCUT2D eigenvalue weighted by Crippen LogP contribution is -2.33. The number of likely N-dealkylation sites (tertiary alicyclic amines) is 1. The Hall–Kier alpha value is -1.39. The molecule has 3 atom stereocenters. The zero-order valence-corrected chi connectivity index (χ0v) is 12.7. The van der Waals surface area contributed by atoms with Crippen molar-refractivity contribution in [1.82, 2.24) is 4.90 Å². The quantitative estimate of drug-likeness (QED) is 0.698. The molecule has 1 saturated carbocycles. The first-order chi connectivity index (χ1) is 10.0. The molecule has 1 aliphatic carbocycles. The van der Waals surface area contributed by atoms with E-state index < -0.39 is 5.97 Å². The Morgan fingerprint density at radius 1 is 1.19 bits per heavy atom. The fourth-order valence-electron chi connectivity index (χ4n) is 3.76. The normalized spacial score (nSPS) is 26.2. The van der Waals surface area contributed by atoms with Crippen molar-refractivity contribution in [3.8, 4) is 0 Å². The van der Waals surface area contributed by atoms with Crippen molar-refractivity contribution < 1.29 is 19.5 Å². The molecule has 3 unspecified atom stereocenters. The number of aliphatic carboxylic acids is 1. The number of carbonyl (C=O) groups is 3. The Balaban J connectivity index is 1.86. The van der Waals surface area contributed by atoms with Crippen LogP contribution < -0.4 is 0 Å². The third-order valence-corrected chi connectivity index (χ3v) is 4.91. The predicted octanol–water partition coefficient (Wildman–Crippen LogP) is 2.44. The molecule has 1 saturated heterocycles. The molecular weight excluding hydrogens is 270 g/mol. The van der Waals surface area contributed by atoms with Gasteiger partial charge in [-0.3, -0.25) is 19.3 Å². The van der Waals surface area contributed by atoms with Crippen molar-refractivity contribution in [3.63, 3.8) is 0 Å². The van der Waals surface area contributed by atoms with Crippen molar-refractivity contribution >= 4 is 17.8 Å². The van der Waals surface area contributed by atoms with Gasteiger partial charge in [-0.15, -0.1) is 0 Å². The summed E-state index contributed by atoms with van der Waals surface area (Å²) in [4.78, 5) is 36.6. The average molecular weight is 295 g/mol. The van der Waals surface area contributed by atoms with E-state index in [0.29, 0.717) is 13.0 Å². The van der Waals surface area contributed by atoms with Crippen LogP contribution >= 0.6 is 0 Å². The number of nitrogens with zero attached hydrogens (tertiary/aromatic N) is 1. The lowest BCUT2D eigenvalue weighted by molar-refractivity contribution is -0.141. The molecule has 5 nitrogen and oxygen atoms in total. The first-order valence-corrected chi connectivity index (χ1v) is 8.11. The Kier molecular flexibility index (Phi) is 5.37. The maximum Gasteiger partial charge on any atom is 0.303 e. The van der Waals surface area contributed by atoms with Crippen molar-refractivity contribution in [2.75, 3.05) is 6.54 Å². The molecule has 2 amide bonds. The molecule has 1 N–H and O–H groups in total. The molecule has 0 radical (unpaired) electrons. The highest BCUT2D eigenvalue weighted by Crippen LogP contribution is 2.39. The summed E-state index contributed by atoms with van der Waals surface area (Å²) >= 11 is 0. The van der Waals surface area contributed by atoms with Gasteiger partial charge in [-0.05, 0) is 31.6 Å². The van der Waals surface area contributed by atoms with Crippen LogP contribution in [-0.2, 0) is 14.4 Å². The van der Waals surface area contributed by atoms with Crippen LogP contribution in [0, 0.1) is 17.8 Å². The summed E-state index contributed by atoms with van der Waals surface area (Å²) < 4.78 is 0. The zero-order valence-electron chi connectivity index (χ0n) is 12.7. The molecule has 21 heavy (non-hydrogen) atoms. The largest absolute Gasteiger partial charge is 0.481 e. The van der Waals surface area contributed by atoms with Crippen LogP contribution in [0.4, 0.5) is 0 Å². The lowest BCUT2D eigenvalue weighted by Gasteiger charge is -2.20. The van der Waals surface area contributed by atoms with E-state index in [0.717, 1.165) is 38.5 Å². The average Bonchev–Trinajstić information content (AvgIpc) is 3.00. The highest BCUT2D eigenvalue weighted by molar-refractivity contribution is 6.05. The van der Waals surface area contributed by atoms with Crippen LogP contribution in [-0.4, -0.2) is 34.3 Å². The highest BCUT2D eigenvalue weighted by Gasteiger charge is 2.49. The Labute approximate surface area is 125 Å². The van der Waals surface area contributed by atoms with Gasteiger partial charge in [0, 0.05) is 13.0 Å². The highest BCUT2D eigenvalue weighted by atomic mass is 16.4. The minimum atomic E-state index is -0.779. The van der Waals surface area contributed by atoms with Gasteiger partial charge in [-0.25, -0.2) is 0 Å². The second-order valence-electron chi connectivity index (χ2n) is 6.35. The first-order valence-electron chi connectivity index (χ1n) is 8.11. The maximum atomic E-state index is 12.2. The SMILES string of the molecule is CCCC(CCC(=O)O)CCN1C(=O)C2CCCC2C1=O. The number of rotatable bonds is 8. The van der Waals surface area contributed by atoms with Crippen LogP contribution in [0.1, 0.15) is 58.3 Å². The Morgan fingerprint density at radius 3 is 2.33 bits per heavy atom. The topological polar surface area (TPSA) is 74.7 Å². The molecule has 1 aliphatic heterocycles. The van der Waals surface area contributed by atoms with Gasteiger partial charge in [0.25, 0.3) is 0 Å². The van der Waals surface area contributed by atoms with Crippen LogP contribution in [0.25, 0.3) is 0 Å². The molecule has 2 rings (SSSR count). The summed E-state index contributed by atoms with van der Waals surface area (Å²) in [5.41, 5.74) is 0. The van der Waals surface area contributed by atoms with E-state index in [1.165, 1.54) is 4.90 Å². The van der Waals surface area contributed by atoms with E-state index in [1.54, 1.807) is 0 Å². The summed E-state index contributed by atoms with van der Waals surface area (Å²) in [6.07, 6.45) is 6.17. The Morgan fingerprint density at radius 2 is 1.81 bits per heavy atom. The molecule has 0 aromatic carbocycles. The van der Waals surface area contributed by atoms with E-state index in [-0.39, 0.29) is 36.0 Å². The maximum absolute atomic E-state index is 12.2. The minimum absolute atomic E-state index is 0.0102. The van der Waals surface area contributed by atoms with Gasteiger partial charge in [0.05, 0.1) is 11.8 Å². The second-order valence-corrected chi connectivity index (χ2v) is 6.35. The second kappa shape index (κ2) is 7.05. The van der Waals surface area contributed by atoms with E-state index in [1.807, 2.05) is 0 Å². The molecule has 2 fully saturated rings. The number of carboxylic acids is 1. The molecule has 5 heteroatoms. The van der Waals surface area contributed by atoms with Gasteiger partial charge in [0.2, 0.25) is 11.8 Å². The lowest BCUT2D eigenvalue weighted by atomic mass is 9.94. The van der Waals surface area contributed by atoms with Crippen LogP contribution in [0.3, 0.4) is 0 Å². The fraction of sp³-hybridized carbons (Fsp3) is 0.812. The zero-order chi connectivity index (χ0) is 15.4. The summed E-state index contributed by atoms with van der Waals surface area (Å²) in [6.45, 7) is 2.54. The van der Waals surface area contributed by atoms with E-state index in [2.05, 4.69) is 6.92 Å². The summed E-state index contributed by atoms with van der Waals surface area (Å²) in [5, 5.41) is 8.78. The monoisotopic (exact) mass is 295 g/mol. The molecule has 1 heterocycles. The van der Waals surface area contributed by atoms with Crippen molar-refractivity contribution in [3.05, 3.63) is 0 Å². The predicted molar refractivity (Wildman–Crippen MR) is 77.4 cm³/mol. The van der Waals surface area contributed by atoms with E-state index in [9.17, 15) is 14.4 Å². The first kappa shape index (κ1) is 16.0. The van der Waals surface area contributed by atoms with Crippen molar-refractivity contribution in [2.45, 2.75) is 58.3 Å². The molecule has 0 spiro atoms. The fourth-order valence-corrected chi connectivity index (χ4v) is 3.76. The molecule has 2 aliphatic rings. The van der Waals surface area contributed by atoms with Crippen LogP contribution in [0.5, 0.6) is 0 Å². The van der Waals surface area contributed by atoms with Gasteiger partial charge in [-0.1, -0.05) is 26.2 Å². The van der Waals surface area contributed by atoms with Crippen LogP contribution in [0.2, 0.25) is 0 Å². The smallest absolute Gasteiger partial charge is 0.303 e. The number of fused-ring (bicyclic) bond motifs is 1. The number of hydrogen-bond acceptors (Lipinski definition) is 3. The third kappa shape index (κ3) is 3.63. The molecule has 0 aromatic rings. The number of amides is 2. The van der Waals surface area contributed by atoms with Crippen molar-refractivity contribution in [1.29, 1.82) is 0 Å². The molecule has 0 aromatic heterocycles. The van der Waals surface area contributed by atoms with Gasteiger partial charge < -0.3 is 5.11 Å². The summed E-state index contributed by atoms with van der Waals surface area (Å²) in [6, 6.07) is 0. The summed E-state index contributed by atoms with van der Waals surface area (Å²) in [7, 11) is 0. The van der Waals surface area contributed by atoms with Gasteiger partial charge in [-0.2, -0.15) is 0 Å². The van der Waals surface area contributed by atoms with Crippen LogP contribution in [0.15, 0.2) is 0 Å². The third-order valence-electron chi connectivity index (χ3n) is 4.91. The Bertz CT molecular complexity index is 399. The number of carbonyl (C=O) groups excluding carboxylic acids is 2. The number of carboxylic acid groups (broad SMARTS) is 1. The number of imide groups is 1. The minimum Gasteiger partial charge on any atom is -0.481 e. The molecule has 118 valence electrons. The van der Waals surface area contributed by atoms with E-state index >= 15 is 0 Å². The number of hydrogen-bond donors (Lipinski definition) is 1. The van der Waals surface area contributed by atoms with Gasteiger partial charge in [0.15, 0.2) is 0 Å². The molecular formula is C16H25NO4. The van der Waals surface area contributed by atoms with E-state index in [4.69, 9.17) is 5.11 Å². The van der Waals surface area contributed by atoms with Gasteiger partial charge >= 0.3 is 5.97 Å². The standard InChI is InChI=1S/C16H25NO4/c1-2-4-11(7-8-14(18)19)9-10-17-15(20)12-5-3-6-13(12)16(17)21/h11-13H,2-10H2,1H3,(H,18,19). The van der Waals surface area contributed by atoms with Gasteiger partial charge in [0.1, 0.15) is 0 Å².